The van der Waals surface area contributed by atoms with Crippen molar-refractivity contribution in [1.82, 2.24) is 15.3 Å². The summed E-state index contributed by atoms with van der Waals surface area (Å²) in [6.45, 7) is 7.71. The number of nitrogens with zero attached hydrogens (tertiary/aromatic N) is 2. The summed E-state index contributed by atoms with van der Waals surface area (Å²) in [7, 11) is 0. The smallest absolute Gasteiger partial charge is 0.134 e. The van der Waals surface area contributed by atoms with Crippen molar-refractivity contribution in [3.63, 3.8) is 0 Å². The summed E-state index contributed by atoms with van der Waals surface area (Å²) in [5, 5.41) is 3.39. The summed E-state index contributed by atoms with van der Waals surface area (Å²) in [6.07, 6.45) is 4.13. The lowest BCUT2D eigenvalue weighted by Gasteiger charge is -2.11. The number of aryl methyl sites for hydroxylation is 1. The molecule has 0 aliphatic carbocycles. The lowest BCUT2D eigenvalue weighted by molar-refractivity contribution is 0.193. The van der Waals surface area contributed by atoms with E-state index in [1.54, 1.807) is 0 Å². The number of hydrogen-bond acceptors (Lipinski definition) is 4. The summed E-state index contributed by atoms with van der Waals surface area (Å²) in [5.41, 5.74) is 2.28. The zero-order chi connectivity index (χ0) is 12.1. The van der Waals surface area contributed by atoms with Crippen LogP contribution in [0.1, 0.15) is 42.8 Å². The second kappa shape index (κ2) is 6.07. The van der Waals surface area contributed by atoms with Crippen molar-refractivity contribution < 1.29 is 4.74 Å². The maximum atomic E-state index is 5.38. The average molecular weight is 235 g/mol. The quantitative estimate of drug-likeness (QED) is 0.790. The molecule has 94 valence electrons. The molecule has 1 atom stereocenters. The van der Waals surface area contributed by atoms with E-state index in [1.165, 1.54) is 0 Å². The van der Waals surface area contributed by atoms with Crippen molar-refractivity contribution in [3.05, 3.63) is 23.3 Å². The summed E-state index contributed by atoms with van der Waals surface area (Å²) >= 11 is 0. The number of nitrogens with one attached hydrogen (secondary N) is 1. The monoisotopic (exact) mass is 235 g/mol. The minimum Gasteiger partial charge on any atom is -0.381 e. The average Bonchev–Trinajstić information content (AvgIpc) is 2.85. The van der Waals surface area contributed by atoms with E-state index in [0.29, 0.717) is 5.92 Å². The fraction of sp³-hybridized carbons (Fsp3) is 0.692. The lowest BCUT2D eigenvalue weighted by Crippen LogP contribution is -2.17. The van der Waals surface area contributed by atoms with Crippen LogP contribution in [0.15, 0.2) is 6.20 Å². The third kappa shape index (κ3) is 3.23. The Hall–Kier alpha value is -1.00. The lowest BCUT2D eigenvalue weighted by atomic mass is 10.1. The van der Waals surface area contributed by atoms with Gasteiger partial charge in [0.1, 0.15) is 5.82 Å². The van der Waals surface area contributed by atoms with E-state index in [4.69, 9.17) is 4.74 Å². The standard InChI is InChI=1S/C13H21N3O/c1-3-5-14-8-12-10(2)7-15-13(16-12)11-4-6-17-9-11/h7,11,14H,3-6,8-9H2,1-2H3. The van der Waals surface area contributed by atoms with Crippen LogP contribution < -0.4 is 5.32 Å². The molecule has 1 aromatic heterocycles. The molecule has 0 radical (unpaired) electrons. The molecule has 1 saturated heterocycles. The van der Waals surface area contributed by atoms with Crippen molar-refractivity contribution in [2.24, 2.45) is 0 Å². The van der Waals surface area contributed by atoms with E-state index in [9.17, 15) is 0 Å². The zero-order valence-corrected chi connectivity index (χ0v) is 10.7. The first-order valence-electron chi connectivity index (χ1n) is 6.42. The van der Waals surface area contributed by atoms with Crippen molar-refractivity contribution in [2.45, 2.75) is 39.2 Å². The van der Waals surface area contributed by atoms with E-state index >= 15 is 0 Å². The number of hydrogen-bond donors (Lipinski definition) is 1. The zero-order valence-electron chi connectivity index (χ0n) is 10.7. The Morgan fingerprint density at radius 2 is 2.41 bits per heavy atom. The third-order valence-corrected chi connectivity index (χ3v) is 3.11. The number of ether oxygens (including phenoxy) is 1. The fourth-order valence-corrected chi connectivity index (χ4v) is 1.99. The minimum atomic E-state index is 0.389. The van der Waals surface area contributed by atoms with Gasteiger partial charge in [-0.15, -0.1) is 0 Å². The maximum Gasteiger partial charge on any atom is 0.134 e. The Morgan fingerprint density at radius 3 is 3.12 bits per heavy atom. The summed E-state index contributed by atoms with van der Waals surface area (Å²) in [5.74, 6) is 1.34. The van der Waals surface area contributed by atoms with Crippen LogP contribution in [0.5, 0.6) is 0 Å². The number of rotatable bonds is 5. The van der Waals surface area contributed by atoms with Gasteiger partial charge in [-0.2, -0.15) is 0 Å². The minimum absolute atomic E-state index is 0.389. The molecule has 2 heterocycles. The summed E-state index contributed by atoms with van der Waals surface area (Å²) < 4.78 is 5.38. The molecule has 2 rings (SSSR count). The predicted molar refractivity (Wildman–Crippen MR) is 66.9 cm³/mol. The van der Waals surface area contributed by atoms with Gasteiger partial charge in [-0.05, 0) is 31.9 Å². The van der Waals surface area contributed by atoms with E-state index in [-0.39, 0.29) is 0 Å². The van der Waals surface area contributed by atoms with Crippen LogP contribution in [0.25, 0.3) is 0 Å². The first-order valence-corrected chi connectivity index (χ1v) is 6.42. The second-order valence-corrected chi connectivity index (χ2v) is 4.60. The normalized spacial score (nSPS) is 19.8. The molecule has 1 unspecified atom stereocenters. The van der Waals surface area contributed by atoms with Crippen LogP contribution in [0.4, 0.5) is 0 Å². The van der Waals surface area contributed by atoms with Crippen molar-refractivity contribution in [3.8, 4) is 0 Å². The van der Waals surface area contributed by atoms with Crippen LogP contribution in [0.2, 0.25) is 0 Å². The SMILES string of the molecule is CCCNCc1nc(C2CCOC2)ncc1C. The highest BCUT2D eigenvalue weighted by Crippen LogP contribution is 2.22. The van der Waals surface area contributed by atoms with Gasteiger partial charge in [0.05, 0.1) is 12.3 Å². The molecule has 1 aliphatic heterocycles. The Balaban J connectivity index is 2.05. The van der Waals surface area contributed by atoms with Crippen LogP contribution in [0, 0.1) is 6.92 Å². The molecule has 0 saturated carbocycles. The van der Waals surface area contributed by atoms with Gasteiger partial charge in [0.15, 0.2) is 0 Å². The van der Waals surface area contributed by atoms with Gasteiger partial charge in [-0.3, -0.25) is 0 Å². The highest BCUT2D eigenvalue weighted by atomic mass is 16.5. The van der Waals surface area contributed by atoms with Gasteiger partial charge in [-0.1, -0.05) is 6.92 Å². The van der Waals surface area contributed by atoms with Gasteiger partial charge in [-0.25, -0.2) is 9.97 Å². The third-order valence-electron chi connectivity index (χ3n) is 3.11. The molecule has 4 nitrogen and oxygen atoms in total. The second-order valence-electron chi connectivity index (χ2n) is 4.60. The molecule has 17 heavy (non-hydrogen) atoms. The predicted octanol–water partition coefficient (Wildman–Crippen LogP) is 1.79. The van der Waals surface area contributed by atoms with Crippen molar-refractivity contribution in [2.75, 3.05) is 19.8 Å². The van der Waals surface area contributed by atoms with Gasteiger partial charge < -0.3 is 10.1 Å². The first kappa shape index (κ1) is 12.5. The molecular formula is C13H21N3O. The molecule has 0 aromatic carbocycles. The van der Waals surface area contributed by atoms with Gasteiger partial charge >= 0.3 is 0 Å². The van der Waals surface area contributed by atoms with Crippen molar-refractivity contribution >= 4 is 0 Å². The molecule has 0 bridgehead atoms. The van der Waals surface area contributed by atoms with Crippen molar-refractivity contribution in [1.29, 1.82) is 0 Å². The highest BCUT2D eigenvalue weighted by molar-refractivity contribution is 5.17. The van der Waals surface area contributed by atoms with Gasteiger partial charge in [0.25, 0.3) is 0 Å². The summed E-state index contributed by atoms with van der Waals surface area (Å²) in [6, 6.07) is 0. The fourth-order valence-electron chi connectivity index (χ4n) is 1.99. The molecule has 1 N–H and O–H groups in total. The molecular weight excluding hydrogens is 214 g/mol. The number of aromatic nitrogens is 2. The Kier molecular flexibility index (Phi) is 4.45. The molecule has 1 aromatic rings. The Labute approximate surface area is 103 Å². The maximum absolute atomic E-state index is 5.38. The highest BCUT2D eigenvalue weighted by Gasteiger charge is 2.20. The van der Waals surface area contributed by atoms with Crippen LogP contribution in [0.3, 0.4) is 0 Å². The molecule has 1 aliphatic rings. The van der Waals surface area contributed by atoms with E-state index in [2.05, 4.69) is 29.1 Å². The first-order chi connectivity index (χ1) is 8.31. The van der Waals surface area contributed by atoms with Gasteiger partial charge in [0.2, 0.25) is 0 Å². The molecule has 1 fully saturated rings. The molecule has 0 amide bonds. The van der Waals surface area contributed by atoms with E-state index in [1.807, 2.05) is 6.20 Å². The topological polar surface area (TPSA) is 47.0 Å². The van der Waals surface area contributed by atoms with Crippen LogP contribution in [-0.4, -0.2) is 29.7 Å². The Morgan fingerprint density at radius 1 is 1.53 bits per heavy atom. The largest absolute Gasteiger partial charge is 0.381 e. The summed E-state index contributed by atoms with van der Waals surface area (Å²) in [4.78, 5) is 9.10. The Bertz CT molecular complexity index is 362. The molecule has 4 heteroatoms. The molecule has 0 spiro atoms. The van der Waals surface area contributed by atoms with E-state index < -0.39 is 0 Å². The van der Waals surface area contributed by atoms with Crippen LogP contribution in [-0.2, 0) is 11.3 Å². The van der Waals surface area contributed by atoms with E-state index in [0.717, 1.165) is 56.2 Å². The van der Waals surface area contributed by atoms with Crippen LogP contribution >= 0.6 is 0 Å². The van der Waals surface area contributed by atoms with Gasteiger partial charge in [0, 0.05) is 25.3 Å².